The molecule has 41 heavy (non-hydrogen) atoms. The van der Waals surface area contributed by atoms with Crippen LogP contribution in [0.25, 0.3) is 0 Å². The number of hydrogen-bond donors (Lipinski definition) is 1. The maximum atomic E-state index is 14.0. The number of thiophene rings is 1. The lowest BCUT2D eigenvalue weighted by molar-refractivity contribution is -0.114. The molecule has 12 heteroatoms. The minimum absolute atomic E-state index is 0.0874. The first kappa shape index (κ1) is 30.2. The Labute approximate surface area is 244 Å². The molecule has 2 aromatic carbocycles. The van der Waals surface area contributed by atoms with E-state index < -0.39 is 28.4 Å². The van der Waals surface area contributed by atoms with Crippen LogP contribution in [0.4, 0.5) is 10.7 Å². The van der Waals surface area contributed by atoms with E-state index in [1.165, 1.54) is 43.8 Å². The molecule has 1 amide bonds. The molecule has 1 aliphatic carbocycles. The summed E-state index contributed by atoms with van der Waals surface area (Å²) in [7, 11) is -1.39. The number of nitrogens with one attached hydrogen (secondary N) is 1. The van der Waals surface area contributed by atoms with Gasteiger partial charge in [-0.05, 0) is 81.5 Å². The van der Waals surface area contributed by atoms with Crippen molar-refractivity contribution < 1.29 is 37.0 Å². The van der Waals surface area contributed by atoms with Gasteiger partial charge in [-0.1, -0.05) is 0 Å². The van der Waals surface area contributed by atoms with E-state index >= 15 is 0 Å². The minimum Gasteiger partial charge on any atom is -0.494 e. The predicted molar refractivity (Wildman–Crippen MR) is 157 cm³/mol. The zero-order valence-electron chi connectivity index (χ0n) is 23.5. The summed E-state index contributed by atoms with van der Waals surface area (Å²) in [6, 6.07) is 10.7. The SMILES string of the molecule is CCOC(=O)c1c(NC(=O)CN(c2ccc(OCC)cc2)S(=O)(=O)c2ccc(OC)c(OC)c2)sc2c1CCCC2. The summed E-state index contributed by atoms with van der Waals surface area (Å²) in [5.74, 6) is 0.0564. The lowest BCUT2D eigenvalue weighted by atomic mass is 9.95. The third-order valence-corrected chi connectivity index (χ3v) is 9.55. The van der Waals surface area contributed by atoms with E-state index in [4.69, 9.17) is 18.9 Å². The summed E-state index contributed by atoms with van der Waals surface area (Å²) < 4.78 is 50.3. The molecule has 0 aliphatic heterocycles. The number of ether oxygens (including phenoxy) is 4. The molecule has 0 saturated carbocycles. The Balaban J connectivity index is 1.70. The normalized spacial score (nSPS) is 12.7. The summed E-state index contributed by atoms with van der Waals surface area (Å²) in [4.78, 5) is 27.3. The Bertz CT molecular complexity index is 1500. The van der Waals surface area contributed by atoms with Crippen molar-refractivity contribution in [2.24, 2.45) is 0 Å². The van der Waals surface area contributed by atoms with Gasteiger partial charge >= 0.3 is 5.97 Å². The van der Waals surface area contributed by atoms with Crippen LogP contribution in [0, 0.1) is 0 Å². The first-order valence-corrected chi connectivity index (χ1v) is 15.6. The summed E-state index contributed by atoms with van der Waals surface area (Å²) >= 11 is 1.34. The second kappa shape index (κ2) is 13.3. The number of fused-ring (bicyclic) bond motifs is 1. The van der Waals surface area contributed by atoms with Crippen molar-refractivity contribution in [1.29, 1.82) is 0 Å². The van der Waals surface area contributed by atoms with E-state index in [1.54, 1.807) is 31.2 Å². The average Bonchev–Trinajstić information content (AvgIpc) is 3.34. The monoisotopic (exact) mass is 602 g/mol. The molecule has 0 atom stereocenters. The number of benzene rings is 2. The van der Waals surface area contributed by atoms with Gasteiger partial charge in [0.25, 0.3) is 10.0 Å². The fourth-order valence-corrected chi connectivity index (χ4v) is 7.39. The van der Waals surface area contributed by atoms with Gasteiger partial charge < -0.3 is 24.3 Å². The lowest BCUT2D eigenvalue weighted by Crippen LogP contribution is -2.38. The number of sulfonamides is 1. The fourth-order valence-electron chi connectivity index (χ4n) is 4.66. The topological polar surface area (TPSA) is 120 Å². The van der Waals surface area contributed by atoms with Crippen molar-refractivity contribution >= 4 is 43.9 Å². The molecule has 4 rings (SSSR count). The van der Waals surface area contributed by atoms with E-state index in [0.29, 0.717) is 28.7 Å². The molecular weight excluding hydrogens is 568 g/mol. The van der Waals surface area contributed by atoms with E-state index in [1.807, 2.05) is 6.92 Å². The van der Waals surface area contributed by atoms with Crippen molar-refractivity contribution in [2.45, 2.75) is 44.4 Å². The van der Waals surface area contributed by atoms with Gasteiger partial charge in [-0.15, -0.1) is 11.3 Å². The fraction of sp³-hybridized carbons (Fsp3) is 0.379. The Kier molecular flexibility index (Phi) is 9.77. The van der Waals surface area contributed by atoms with Crippen molar-refractivity contribution in [2.75, 3.05) is 43.6 Å². The van der Waals surface area contributed by atoms with Crippen molar-refractivity contribution in [1.82, 2.24) is 0 Å². The van der Waals surface area contributed by atoms with Crippen LogP contribution in [0.1, 0.15) is 47.5 Å². The van der Waals surface area contributed by atoms with Gasteiger partial charge in [0.05, 0.1) is 43.6 Å². The van der Waals surface area contributed by atoms with Crippen LogP contribution in [-0.4, -0.2) is 54.3 Å². The van der Waals surface area contributed by atoms with Gasteiger partial charge in [-0.25, -0.2) is 13.2 Å². The number of hydrogen-bond acceptors (Lipinski definition) is 9. The van der Waals surface area contributed by atoms with Crippen LogP contribution >= 0.6 is 11.3 Å². The standard InChI is InChI=1S/C29H34N2O8S2/c1-5-38-20-13-11-19(12-14-20)31(41(34,35)21-15-16-23(36-3)24(17-21)37-4)18-26(32)30-28-27(29(33)39-6-2)22-9-7-8-10-25(22)40-28/h11-17H,5-10,18H2,1-4H3,(H,30,32). The second-order valence-corrected chi connectivity index (χ2v) is 12.1. The predicted octanol–water partition coefficient (Wildman–Crippen LogP) is 5.05. The number of esters is 1. The number of methoxy groups -OCH3 is 2. The molecule has 0 radical (unpaired) electrons. The highest BCUT2D eigenvalue weighted by Gasteiger charge is 2.31. The van der Waals surface area contributed by atoms with Gasteiger partial charge in [0.1, 0.15) is 17.3 Å². The number of carbonyl (C=O) groups is 2. The van der Waals surface area contributed by atoms with E-state index in [2.05, 4.69) is 5.32 Å². The maximum Gasteiger partial charge on any atom is 0.341 e. The maximum absolute atomic E-state index is 14.0. The Morgan fingerprint density at radius 1 is 0.951 bits per heavy atom. The summed E-state index contributed by atoms with van der Waals surface area (Å²) in [6.45, 7) is 3.67. The van der Waals surface area contributed by atoms with Crippen LogP contribution in [0.5, 0.6) is 17.2 Å². The number of anilines is 2. The number of aryl methyl sites for hydroxylation is 1. The van der Waals surface area contributed by atoms with Crippen LogP contribution in [0.2, 0.25) is 0 Å². The van der Waals surface area contributed by atoms with Crippen molar-refractivity contribution in [3.63, 3.8) is 0 Å². The van der Waals surface area contributed by atoms with Crippen molar-refractivity contribution in [3.05, 3.63) is 58.5 Å². The largest absolute Gasteiger partial charge is 0.494 e. The first-order chi connectivity index (χ1) is 19.7. The third-order valence-electron chi connectivity index (χ3n) is 6.57. The van der Waals surface area contributed by atoms with Gasteiger partial charge in [-0.2, -0.15) is 0 Å². The molecule has 10 nitrogen and oxygen atoms in total. The molecule has 0 spiro atoms. The van der Waals surface area contributed by atoms with Crippen LogP contribution in [0.3, 0.4) is 0 Å². The molecule has 220 valence electrons. The number of rotatable bonds is 12. The summed E-state index contributed by atoms with van der Waals surface area (Å²) in [5.41, 5.74) is 1.51. The molecular formula is C29H34N2O8S2. The van der Waals surface area contributed by atoms with Crippen LogP contribution in [-0.2, 0) is 32.4 Å². The Hall–Kier alpha value is -3.77. The molecule has 1 N–H and O–H groups in total. The van der Waals surface area contributed by atoms with Crippen LogP contribution in [0.15, 0.2) is 47.4 Å². The molecule has 0 fully saturated rings. The number of amides is 1. The van der Waals surface area contributed by atoms with Crippen LogP contribution < -0.4 is 23.8 Å². The molecule has 1 heterocycles. The lowest BCUT2D eigenvalue weighted by Gasteiger charge is -2.24. The van der Waals surface area contributed by atoms with E-state index in [0.717, 1.165) is 40.4 Å². The van der Waals surface area contributed by atoms with Gasteiger partial charge in [-0.3, -0.25) is 9.10 Å². The highest BCUT2D eigenvalue weighted by Crippen LogP contribution is 2.39. The zero-order chi connectivity index (χ0) is 29.6. The van der Waals surface area contributed by atoms with E-state index in [-0.39, 0.29) is 22.9 Å². The van der Waals surface area contributed by atoms with Gasteiger partial charge in [0, 0.05) is 10.9 Å². The Morgan fingerprint density at radius 2 is 1.66 bits per heavy atom. The number of carbonyl (C=O) groups excluding carboxylic acids is 2. The van der Waals surface area contributed by atoms with E-state index in [9.17, 15) is 18.0 Å². The first-order valence-electron chi connectivity index (χ1n) is 13.3. The number of nitrogens with zero attached hydrogens (tertiary/aromatic N) is 1. The molecule has 0 bridgehead atoms. The average molecular weight is 603 g/mol. The molecule has 1 aliphatic rings. The summed E-state index contributed by atoms with van der Waals surface area (Å²) in [6.07, 6.45) is 3.48. The summed E-state index contributed by atoms with van der Waals surface area (Å²) in [5, 5.41) is 3.18. The zero-order valence-corrected chi connectivity index (χ0v) is 25.2. The minimum atomic E-state index is -4.25. The second-order valence-electron chi connectivity index (χ2n) is 9.14. The van der Waals surface area contributed by atoms with Gasteiger partial charge in [0.15, 0.2) is 11.5 Å². The molecule has 1 aromatic heterocycles. The third kappa shape index (κ3) is 6.59. The highest BCUT2D eigenvalue weighted by atomic mass is 32.2. The smallest absolute Gasteiger partial charge is 0.341 e. The molecule has 0 saturated heterocycles. The molecule has 3 aromatic rings. The quantitative estimate of drug-likeness (QED) is 0.286. The Morgan fingerprint density at radius 3 is 2.32 bits per heavy atom. The van der Waals surface area contributed by atoms with Gasteiger partial charge in [0.2, 0.25) is 5.91 Å². The molecule has 0 unspecified atom stereocenters. The van der Waals surface area contributed by atoms with Crippen molar-refractivity contribution in [3.8, 4) is 17.2 Å². The highest BCUT2D eigenvalue weighted by molar-refractivity contribution is 7.92.